The first-order chi connectivity index (χ1) is 52.3. The largest absolute Gasteiger partial charge is 1.00 e. The van der Waals surface area contributed by atoms with Crippen LogP contribution in [0.25, 0.3) is 0 Å². The van der Waals surface area contributed by atoms with E-state index in [1.165, 1.54) is 0 Å². The summed E-state index contributed by atoms with van der Waals surface area (Å²) in [4.78, 5) is 101. The predicted molar refractivity (Wildman–Crippen MR) is 329 cm³/mol. The van der Waals surface area contributed by atoms with Gasteiger partial charge in [0.2, 0.25) is 23.6 Å². The minimum Gasteiger partial charge on any atom is -0.547 e. The smallest absolute Gasteiger partial charge is 0.547 e. The number of carboxylic acid groups (broad SMARTS) is 4. The van der Waals surface area contributed by atoms with E-state index in [0.717, 1.165) is 27.7 Å². The van der Waals surface area contributed by atoms with Gasteiger partial charge >= 0.3 is 118 Å². The minimum atomic E-state index is -2.69. The van der Waals surface area contributed by atoms with Crippen LogP contribution < -0.4 is 166 Å². The number of aliphatic carboxylic acids is 4. The van der Waals surface area contributed by atoms with Crippen molar-refractivity contribution in [3.05, 3.63) is 0 Å². The van der Waals surface area contributed by atoms with E-state index >= 15 is 0 Å². The summed E-state index contributed by atoms with van der Waals surface area (Å²) in [6, 6.07) is -7.86. The molecule has 8 rings (SSSR count). The number of unbranched alkanes of at least 4 members (excludes halogenated alkanes) is 2. The van der Waals surface area contributed by atoms with Crippen molar-refractivity contribution in [2.45, 2.75) is 292 Å². The van der Waals surface area contributed by atoms with Crippen molar-refractivity contribution in [3.63, 3.8) is 0 Å². The summed E-state index contributed by atoms with van der Waals surface area (Å²) in [5.41, 5.74) is 5.49. The van der Waals surface area contributed by atoms with E-state index in [1.807, 2.05) is 0 Å². The number of carboxylic acids is 4. The molecule has 636 valence electrons. The molecule has 0 aliphatic carbocycles. The van der Waals surface area contributed by atoms with Crippen molar-refractivity contribution >= 4 is 47.5 Å². The summed E-state index contributed by atoms with van der Waals surface area (Å²) in [5.74, 6) is -12.7. The second kappa shape index (κ2) is 47.5. The Balaban J connectivity index is 0.00000696. The molecule has 0 saturated carbocycles. The molecular formula is C61H93N5Na4O45. The van der Waals surface area contributed by atoms with Crippen molar-refractivity contribution in [2.24, 2.45) is 5.73 Å². The van der Waals surface area contributed by atoms with Crippen LogP contribution in [0.1, 0.15) is 47.0 Å². The maximum Gasteiger partial charge on any atom is 1.00 e. The van der Waals surface area contributed by atoms with Gasteiger partial charge in [0.25, 0.3) is 0 Å². The van der Waals surface area contributed by atoms with Crippen LogP contribution in [0.4, 0.5) is 0 Å². The fraction of sp³-hybridized carbons (Fsp3) is 0.869. The Bertz CT molecular complexity index is 3130. The van der Waals surface area contributed by atoms with Gasteiger partial charge in [-0.15, -0.1) is 0 Å². The Kier molecular flexibility index (Phi) is 43.7. The first kappa shape index (κ1) is 106. The van der Waals surface area contributed by atoms with Gasteiger partial charge in [0, 0.05) is 34.3 Å². The molecule has 0 unspecified atom stereocenters. The van der Waals surface area contributed by atoms with E-state index in [-0.39, 0.29) is 125 Å². The molecule has 50 nitrogen and oxygen atoms in total. The van der Waals surface area contributed by atoms with Crippen molar-refractivity contribution in [1.82, 2.24) is 21.3 Å². The van der Waals surface area contributed by atoms with Crippen molar-refractivity contribution < 1.29 is 340 Å². The first-order valence-electron chi connectivity index (χ1n) is 34.7. The topological polar surface area (TPSA) is 795 Å². The number of hydrogen-bond donors (Lipinski definition) is 22. The van der Waals surface area contributed by atoms with Crippen LogP contribution in [0.2, 0.25) is 0 Å². The van der Waals surface area contributed by atoms with Gasteiger partial charge in [-0.05, 0) is 25.8 Å². The number of rotatable bonds is 32. The van der Waals surface area contributed by atoms with Gasteiger partial charge in [-0.3, -0.25) is 19.2 Å². The van der Waals surface area contributed by atoms with E-state index in [0.29, 0.717) is 25.8 Å². The average molecular weight is 1710 g/mol. The molecule has 0 aromatic carbocycles. The summed E-state index contributed by atoms with van der Waals surface area (Å²) in [6.07, 6.45) is -80.2. The molecule has 40 atom stereocenters. The number of aliphatic hydroxyl groups is 17. The summed E-state index contributed by atoms with van der Waals surface area (Å²) < 4.78 is 89.9. The Morgan fingerprint density at radius 1 is 0.296 bits per heavy atom. The molecule has 115 heavy (non-hydrogen) atoms. The molecule has 8 aliphatic rings. The number of nitrogens with one attached hydrogen (secondary N) is 4. The third-order valence-electron chi connectivity index (χ3n) is 19.2. The number of carbonyl (C=O) groups excluding carboxylic acids is 8. The molecule has 23 N–H and O–H groups in total. The molecule has 54 heteroatoms. The van der Waals surface area contributed by atoms with Gasteiger partial charge in [-0.1, -0.05) is 0 Å². The number of hydrogen-bond acceptors (Lipinski definition) is 46. The number of carbonyl (C=O) groups is 8. The second-order valence-electron chi connectivity index (χ2n) is 27.1. The van der Waals surface area contributed by atoms with Gasteiger partial charge in [-0.25, -0.2) is 0 Å². The molecule has 4 amide bonds. The van der Waals surface area contributed by atoms with Crippen LogP contribution in [0.15, 0.2) is 0 Å². The predicted octanol–water partition coefficient (Wildman–Crippen LogP) is -33.7. The zero-order valence-electron chi connectivity index (χ0n) is 63.1. The van der Waals surface area contributed by atoms with Crippen LogP contribution in [0, 0.1) is 0 Å². The molecule has 8 heterocycles. The average Bonchev–Trinajstić information content (AvgIpc) is 0.767. The van der Waals surface area contributed by atoms with Crippen LogP contribution in [0.3, 0.4) is 0 Å². The van der Waals surface area contributed by atoms with Gasteiger partial charge < -0.3 is 229 Å². The molecule has 0 aromatic rings. The standard InChI is InChI=1S/C61H97N5O45.4Na/c1-14(71)63-22-27(76)26(75)18(10-67)97-54(22)104-43-32(81)36(85)59(109-47(43)51(90)91)101-40-20(12-69)99-56(24(29(40)78)65-16(3)73)106-45-34(83)38(87)61(111-49(45)53(94)95)103-41-21(13-70)100-57(25(30(41)79)66-17(4)74)107-44-33(82)37(86)60(110-48(44)52(92)93)102-39-19(11-68)98-55(23(28(39)77)64-15(2)72)105-42-31(80)35(84)58(108-46(42)50(88)89)96-9-7-5-6-8-62;;;;/h18-49,54-61,67-70,75-87H,5-13,62H2,1-4H3,(H,63,71)(H,64,72)(H,65,73)(H,66,74)(H,88,89)(H,90,91)(H,92,93)(H,94,95);;;;/q;4*+1/p-4/t18-,19-,20-,21-,22-,23-,24-,25-,26-,27-,28-,29-,30-,31-,32-,33-,34-,35-,36-,37-,38-,39-,40-,41-,42+,43+,44+,45+,46+,47-,48-,49+,54-,55-,56-,57-,58-,59-,60-,61-;;;;/m1..../s1. The second-order valence-corrected chi connectivity index (χ2v) is 27.1. The van der Waals surface area contributed by atoms with Gasteiger partial charge in [0.05, 0.1) is 50.3 Å². The molecule has 0 spiro atoms. The summed E-state index contributed by atoms with van der Waals surface area (Å²) in [5, 5.41) is 249. The molecule has 8 fully saturated rings. The number of aliphatic hydroxyl groups excluding tert-OH is 17. The number of ether oxygens (including phenoxy) is 16. The Morgan fingerprint density at radius 2 is 0.530 bits per heavy atom. The monoisotopic (exact) mass is 1710 g/mol. The third-order valence-corrected chi connectivity index (χ3v) is 19.2. The minimum absolute atomic E-state index is 0. The van der Waals surface area contributed by atoms with Gasteiger partial charge in [0.1, 0.15) is 195 Å². The van der Waals surface area contributed by atoms with Crippen molar-refractivity contribution in [2.75, 3.05) is 39.6 Å². The maximum absolute atomic E-state index is 13.0. The van der Waals surface area contributed by atoms with E-state index in [9.17, 15) is 146 Å². The Morgan fingerprint density at radius 3 is 0.774 bits per heavy atom. The van der Waals surface area contributed by atoms with E-state index in [1.54, 1.807) is 0 Å². The van der Waals surface area contributed by atoms with Crippen molar-refractivity contribution in [3.8, 4) is 0 Å². The third kappa shape index (κ3) is 25.1. The summed E-state index contributed by atoms with van der Waals surface area (Å²) >= 11 is 0. The maximum atomic E-state index is 13.0. The van der Waals surface area contributed by atoms with Crippen LogP contribution in [-0.4, -0.2) is 419 Å². The number of nitrogens with two attached hydrogens (primary N) is 1. The van der Waals surface area contributed by atoms with Crippen LogP contribution in [0.5, 0.6) is 0 Å². The summed E-state index contributed by atoms with van der Waals surface area (Å²) in [7, 11) is 0. The zero-order chi connectivity index (χ0) is 82.2. The van der Waals surface area contributed by atoms with E-state index < -0.39 is 319 Å². The normalized spacial score (nSPS) is 43.3. The van der Waals surface area contributed by atoms with E-state index in [4.69, 9.17) is 81.5 Å². The molecular weight excluding hydrogens is 1610 g/mol. The molecule has 0 bridgehead atoms. The first-order valence-corrected chi connectivity index (χ1v) is 34.7. The van der Waals surface area contributed by atoms with Crippen molar-refractivity contribution in [1.29, 1.82) is 0 Å². The zero-order valence-corrected chi connectivity index (χ0v) is 71.1. The SMILES string of the molecule is CC(=O)N[C@H]1[C@@H](O[C@H]2[C@H](O)[C@@H](O)[C@H](O[C@H]3[C@H](O)[C@@H](NC(C)=O)[C@@H](O[C@H]4[C@H](O)[C@@H](O)[C@H](OCCCCCN)O[C@@H]4C(=O)[O-])O[C@@H]3CO)O[C@H]2C(=O)[O-])O[C@H](CO)[C@@H](O[C@@H]2O[C@H](C(=O)[O-])[C@@H](O[C@H]3O[C@H](CO)[C@@H](O[C@@H]4O[C@@H](C(=O)[O-])[C@@H](O[C@H]5O[C@H](CO)[C@@H](O)[C@H](O)[C@H]5NC(C)=O)[C@H](O)[C@H]4O)[C@H](O)[C@H]3NC(C)=O)[C@H](O)[C@H]2O)[C@@H]1O.[Na+].[Na+].[Na+].[Na+]. The Labute approximate surface area is 740 Å². The molecule has 0 radical (unpaired) electrons. The molecule has 0 aromatic heterocycles. The molecule has 8 saturated heterocycles. The Hall–Kier alpha value is -1.60. The number of amides is 4. The molecule has 8 aliphatic heterocycles. The van der Waals surface area contributed by atoms with Gasteiger partial charge in [-0.2, -0.15) is 0 Å². The summed E-state index contributed by atoms with van der Waals surface area (Å²) in [6.45, 7) is -0.917. The van der Waals surface area contributed by atoms with E-state index in [2.05, 4.69) is 21.3 Å². The van der Waals surface area contributed by atoms with Crippen LogP contribution in [-0.2, 0) is 114 Å². The quantitative estimate of drug-likeness (QED) is 0.0220. The fourth-order valence-corrected chi connectivity index (χ4v) is 13.7. The van der Waals surface area contributed by atoms with Crippen LogP contribution >= 0.6 is 0 Å². The van der Waals surface area contributed by atoms with Gasteiger partial charge in [0.15, 0.2) is 50.3 Å². The fourth-order valence-electron chi connectivity index (χ4n) is 13.7.